The average molecular weight is 400 g/mol. The lowest BCUT2D eigenvalue weighted by atomic mass is 10.1. The summed E-state index contributed by atoms with van der Waals surface area (Å²) >= 11 is 0. The molecule has 162 valence electrons. The normalized spacial score (nSPS) is 20.1. The first-order valence-corrected chi connectivity index (χ1v) is 10.8. The molecule has 0 bridgehead atoms. The zero-order valence-corrected chi connectivity index (χ0v) is 17.7. The SMILES string of the molecule is CCCCCCCCCCCCC1=NCC[N+]1(CC(=O)O)CC(OC)C(=O)O. The minimum absolute atomic E-state index is 0.109. The smallest absolute Gasteiger partial charge is 0.359 e. The molecule has 1 aliphatic rings. The fourth-order valence-corrected chi connectivity index (χ4v) is 4.00. The molecule has 0 amide bonds. The Kier molecular flexibility index (Phi) is 12.0. The van der Waals surface area contributed by atoms with Crippen LogP contribution in [0, 0.1) is 0 Å². The molecule has 0 saturated heterocycles. The maximum absolute atomic E-state index is 11.4. The number of hydrogen-bond acceptors (Lipinski definition) is 4. The van der Waals surface area contributed by atoms with Crippen molar-refractivity contribution < 1.29 is 29.0 Å². The molecule has 1 aliphatic heterocycles. The van der Waals surface area contributed by atoms with Gasteiger partial charge in [0.25, 0.3) is 0 Å². The maximum Gasteiger partial charge on any atom is 0.359 e. The second-order valence-corrected chi connectivity index (χ2v) is 7.90. The molecule has 1 rings (SSSR count). The number of quaternary nitrogens is 1. The van der Waals surface area contributed by atoms with E-state index in [1.165, 1.54) is 58.5 Å². The van der Waals surface area contributed by atoms with E-state index in [4.69, 9.17) is 4.74 Å². The molecule has 28 heavy (non-hydrogen) atoms. The van der Waals surface area contributed by atoms with Gasteiger partial charge in [0.15, 0.2) is 12.4 Å². The number of unbranched alkanes of at least 4 members (excludes halogenated alkanes) is 9. The van der Waals surface area contributed by atoms with Crippen LogP contribution in [0.1, 0.15) is 77.6 Å². The first kappa shape index (κ1) is 24.6. The van der Waals surface area contributed by atoms with E-state index in [0.29, 0.717) is 13.1 Å². The third-order valence-corrected chi connectivity index (χ3v) is 5.64. The molecule has 0 aromatic carbocycles. The number of aliphatic carboxylic acids is 2. The molecular formula is C21H39N2O5+. The summed E-state index contributed by atoms with van der Waals surface area (Å²) in [7, 11) is 1.35. The van der Waals surface area contributed by atoms with Crippen molar-refractivity contribution in [1.82, 2.24) is 0 Å². The Hall–Kier alpha value is -1.47. The molecule has 0 aromatic rings. The number of methoxy groups -OCH3 is 1. The summed E-state index contributed by atoms with van der Waals surface area (Å²) in [6.07, 6.45) is 12.1. The highest BCUT2D eigenvalue weighted by Crippen LogP contribution is 2.22. The summed E-state index contributed by atoms with van der Waals surface area (Å²) in [6, 6.07) is 0. The molecule has 0 saturated carbocycles. The van der Waals surface area contributed by atoms with E-state index < -0.39 is 18.0 Å². The molecule has 0 aliphatic carbocycles. The Morgan fingerprint density at radius 2 is 1.61 bits per heavy atom. The summed E-state index contributed by atoms with van der Waals surface area (Å²) in [5.74, 6) is -1.17. The van der Waals surface area contributed by atoms with Crippen LogP contribution in [0.3, 0.4) is 0 Å². The predicted octanol–water partition coefficient (Wildman–Crippen LogP) is 3.71. The van der Waals surface area contributed by atoms with Crippen LogP contribution in [0.15, 0.2) is 4.99 Å². The summed E-state index contributed by atoms with van der Waals surface area (Å²) in [6.45, 7) is 3.30. The predicted molar refractivity (Wildman–Crippen MR) is 110 cm³/mol. The minimum Gasteiger partial charge on any atom is -0.479 e. The Bertz CT molecular complexity index is 509. The number of rotatable bonds is 17. The molecule has 2 atom stereocenters. The quantitative estimate of drug-likeness (QED) is 0.287. The average Bonchev–Trinajstić information content (AvgIpc) is 3.02. The van der Waals surface area contributed by atoms with E-state index in [2.05, 4.69) is 11.9 Å². The minimum atomic E-state index is -1.06. The van der Waals surface area contributed by atoms with Crippen LogP contribution in [0.25, 0.3) is 0 Å². The van der Waals surface area contributed by atoms with Crippen molar-refractivity contribution in [3.8, 4) is 0 Å². The van der Waals surface area contributed by atoms with Gasteiger partial charge in [0, 0.05) is 13.5 Å². The fraction of sp³-hybridized carbons (Fsp3) is 0.857. The van der Waals surface area contributed by atoms with E-state index in [0.717, 1.165) is 25.1 Å². The lowest BCUT2D eigenvalue weighted by Gasteiger charge is -2.34. The van der Waals surface area contributed by atoms with Crippen molar-refractivity contribution >= 4 is 17.8 Å². The molecular weight excluding hydrogens is 360 g/mol. The van der Waals surface area contributed by atoms with Crippen LogP contribution in [0.2, 0.25) is 0 Å². The molecule has 2 unspecified atom stereocenters. The molecule has 0 radical (unpaired) electrons. The zero-order chi connectivity index (χ0) is 20.8. The van der Waals surface area contributed by atoms with Crippen molar-refractivity contribution in [1.29, 1.82) is 0 Å². The number of carboxylic acids is 2. The fourth-order valence-electron chi connectivity index (χ4n) is 4.00. The van der Waals surface area contributed by atoms with Crippen LogP contribution in [-0.4, -0.2) is 71.9 Å². The standard InChI is InChI=1S/C21H38N2O5/c1-3-4-5-6-7-8-9-10-11-12-13-19-22-14-15-23(19,17-20(24)25)16-18(28-2)21(26)27/h18H,3-17H2,1-2H3,(H-,24,25,26,27)/p+1. The second-order valence-electron chi connectivity index (χ2n) is 7.90. The van der Waals surface area contributed by atoms with E-state index in [1.54, 1.807) is 0 Å². The third kappa shape index (κ3) is 8.69. The van der Waals surface area contributed by atoms with Gasteiger partial charge in [-0.25, -0.2) is 14.6 Å². The number of carbonyl (C=O) groups is 2. The molecule has 0 fully saturated rings. The van der Waals surface area contributed by atoms with Crippen LogP contribution in [0.5, 0.6) is 0 Å². The van der Waals surface area contributed by atoms with Crippen molar-refractivity contribution in [3.05, 3.63) is 0 Å². The van der Waals surface area contributed by atoms with Gasteiger partial charge >= 0.3 is 11.9 Å². The highest BCUT2D eigenvalue weighted by atomic mass is 16.5. The molecule has 2 N–H and O–H groups in total. The summed E-state index contributed by atoms with van der Waals surface area (Å²) in [4.78, 5) is 27.3. The van der Waals surface area contributed by atoms with Crippen LogP contribution >= 0.6 is 0 Å². The Morgan fingerprint density at radius 3 is 2.11 bits per heavy atom. The van der Waals surface area contributed by atoms with Gasteiger partial charge in [-0.15, -0.1) is 0 Å². The number of aliphatic imine (C=N–C) groups is 1. The lowest BCUT2D eigenvalue weighted by molar-refractivity contribution is -0.831. The topological polar surface area (TPSA) is 96.2 Å². The third-order valence-electron chi connectivity index (χ3n) is 5.64. The van der Waals surface area contributed by atoms with Crippen molar-refractivity contribution in [2.45, 2.75) is 83.7 Å². The van der Waals surface area contributed by atoms with Crippen LogP contribution < -0.4 is 0 Å². The van der Waals surface area contributed by atoms with Gasteiger partial charge in [-0.05, 0) is 6.42 Å². The monoisotopic (exact) mass is 399 g/mol. The first-order chi connectivity index (χ1) is 13.4. The first-order valence-electron chi connectivity index (χ1n) is 10.8. The Morgan fingerprint density at radius 1 is 1.04 bits per heavy atom. The Labute approximate surface area is 169 Å². The van der Waals surface area contributed by atoms with Crippen molar-refractivity contribution in [2.24, 2.45) is 4.99 Å². The van der Waals surface area contributed by atoms with Crippen molar-refractivity contribution in [2.75, 3.05) is 33.3 Å². The molecule has 0 spiro atoms. The summed E-state index contributed by atoms with van der Waals surface area (Å²) in [5, 5.41) is 18.7. The van der Waals surface area contributed by atoms with E-state index >= 15 is 0 Å². The van der Waals surface area contributed by atoms with E-state index in [9.17, 15) is 19.8 Å². The van der Waals surface area contributed by atoms with Gasteiger partial charge in [0.1, 0.15) is 13.1 Å². The van der Waals surface area contributed by atoms with E-state index in [1.807, 2.05) is 0 Å². The number of hydrogen-bond donors (Lipinski definition) is 2. The summed E-state index contributed by atoms with van der Waals surface area (Å²) < 4.78 is 5.18. The Balaban J connectivity index is 2.42. The molecule has 7 nitrogen and oxygen atoms in total. The number of carboxylic acid groups (broad SMARTS) is 2. The van der Waals surface area contributed by atoms with Crippen LogP contribution in [0.4, 0.5) is 0 Å². The molecule has 1 heterocycles. The summed E-state index contributed by atoms with van der Waals surface area (Å²) in [5.41, 5.74) is 0. The second kappa shape index (κ2) is 13.7. The number of nitrogens with zero attached hydrogens (tertiary/aromatic N) is 2. The number of amidine groups is 1. The molecule has 0 aromatic heterocycles. The largest absolute Gasteiger partial charge is 0.479 e. The van der Waals surface area contributed by atoms with Gasteiger partial charge in [0.2, 0.25) is 6.10 Å². The lowest BCUT2D eigenvalue weighted by Crippen LogP contribution is -2.58. The van der Waals surface area contributed by atoms with E-state index in [-0.39, 0.29) is 17.6 Å². The molecule has 7 heteroatoms. The van der Waals surface area contributed by atoms with Gasteiger partial charge in [-0.3, -0.25) is 4.48 Å². The van der Waals surface area contributed by atoms with Gasteiger partial charge in [0.05, 0.1) is 6.54 Å². The maximum atomic E-state index is 11.4. The van der Waals surface area contributed by atoms with Gasteiger partial charge < -0.3 is 14.9 Å². The van der Waals surface area contributed by atoms with Gasteiger partial charge in [-0.1, -0.05) is 64.7 Å². The number of ether oxygens (including phenoxy) is 1. The highest BCUT2D eigenvalue weighted by molar-refractivity contribution is 5.80. The highest BCUT2D eigenvalue weighted by Gasteiger charge is 2.43. The van der Waals surface area contributed by atoms with Crippen LogP contribution in [-0.2, 0) is 14.3 Å². The zero-order valence-electron chi connectivity index (χ0n) is 17.7. The van der Waals surface area contributed by atoms with Gasteiger partial charge in [-0.2, -0.15) is 0 Å². The van der Waals surface area contributed by atoms with Crippen molar-refractivity contribution in [3.63, 3.8) is 0 Å².